The van der Waals surface area contributed by atoms with Gasteiger partial charge < -0.3 is 4.74 Å². The maximum absolute atomic E-state index is 13.0. The number of fused-ring (bicyclic) bond motifs is 1. The number of hydrogen-bond donors (Lipinski definition) is 1. The van der Waals surface area contributed by atoms with Crippen molar-refractivity contribution in [1.82, 2.24) is 5.32 Å². The highest BCUT2D eigenvalue weighted by atomic mass is 16.5. The Labute approximate surface area is 161 Å². The lowest BCUT2D eigenvalue weighted by atomic mass is 10.0. The number of nitrogens with zero attached hydrogens (tertiary/aromatic N) is 1. The second kappa shape index (κ2) is 7.00. The van der Waals surface area contributed by atoms with Crippen molar-refractivity contribution in [3.05, 3.63) is 77.9 Å². The van der Waals surface area contributed by atoms with Crippen LogP contribution in [0.15, 0.2) is 72.3 Å². The van der Waals surface area contributed by atoms with Crippen LogP contribution in [0.2, 0.25) is 0 Å². The second-order valence-electron chi connectivity index (χ2n) is 6.22. The first kappa shape index (κ1) is 17.5. The summed E-state index contributed by atoms with van der Waals surface area (Å²) in [6, 6.07) is 19.0. The number of amides is 4. The normalized spacial score (nSPS) is 15.8. The van der Waals surface area contributed by atoms with Crippen LogP contribution in [-0.2, 0) is 9.59 Å². The lowest BCUT2D eigenvalue weighted by molar-refractivity contribution is -0.122. The number of carbonyl (C=O) groups excluding carboxylic acids is 3. The topological polar surface area (TPSA) is 75.7 Å². The van der Waals surface area contributed by atoms with Crippen LogP contribution in [0.3, 0.4) is 0 Å². The number of barbiturate groups is 1. The molecule has 1 aliphatic rings. The van der Waals surface area contributed by atoms with Crippen molar-refractivity contribution in [3.8, 4) is 5.75 Å². The van der Waals surface area contributed by atoms with Gasteiger partial charge >= 0.3 is 6.03 Å². The maximum Gasteiger partial charge on any atom is 0.335 e. The van der Waals surface area contributed by atoms with Crippen molar-refractivity contribution in [2.45, 2.75) is 0 Å². The van der Waals surface area contributed by atoms with E-state index < -0.39 is 17.8 Å². The molecular weight excluding hydrogens is 356 g/mol. The van der Waals surface area contributed by atoms with Crippen LogP contribution < -0.4 is 15.0 Å². The molecule has 0 spiro atoms. The molecular formula is C22H16N2O4. The molecule has 1 heterocycles. The Morgan fingerprint density at radius 1 is 0.893 bits per heavy atom. The van der Waals surface area contributed by atoms with Gasteiger partial charge in [-0.15, -0.1) is 0 Å². The monoisotopic (exact) mass is 372 g/mol. The summed E-state index contributed by atoms with van der Waals surface area (Å²) >= 11 is 0. The third-order valence-electron chi connectivity index (χ3n) is 4.56. The van der Waals surface area contributed by atoms with E-state index in [1.165, 1.54) is 13.2 Å². The first-order chi connectivity index (χ1) is 13.6. The zero-order valence-electron chi connectivity index (χ0n) is 15.0. The fourth-order valence-corrected chi connectivity index (χ4v) is 3.16. The molecule has 6 nitrogen and oxygen atoms in total. The quantitative estimate of drug-likeness (QED) is 0.564. The minimum Gasteiger partial charge on any atom is -0.497 e. The van der Waals surface area contributed by atoms with E-state index in [9.17, 15) is 14.4 Å². The number of ether oxygens (including phenoxy) is 1. The molecule has 28 heavy (non-hydrogen) atoms. The van der Waals surface area contributed by atoms with Gasteiger partial charge in [0, 0.05) is 0 Å². The van der Waals surface area contributed by atoms with Crippen LogP contribution in [0, 0.1) is 0 Å². The number of urea groups is 1. The molecule has 0 unspecified atom stereocenters. The van der Waals surface area contributed by atoms with Gasteiger partial charge in [-0.05, 0) is 46.7 Å². The van der Waals surface area contributed by atoms with Crippen LogP contribution in [0.5, 0.6) is 5.75 Å². The summed E-state index contributed by atoms with van der Waals surface area (Å²) < 4.78 is 5.10. The van der Waals surface area contributed by atoms with Gasteiger partial charge in [0.15, 0.2) is 0 Å². The summed E-state index contributed by atoms with van der Waals surface area (Å²) in [7, 11) is 1.53. The molecule has 0 aliphatic carbocycles. The second-order valence-corrected chi connectivity index (χ2v) is 6.22. The number of carbonyl (C=O) groups is 3. The van der Waals surface area contributed by atoms with Gasteiger partial charge in [0.2, 0.25) is 0 Å². The van der Waals surface area contributed by atoms with Crippen LogP contribution in [0.25, 0.3) is 16.8 Å². The van der Waals surface area contributed by atoms with Crippen molar-refractivity contribution < 1.29 is 19.1 Å². The highest BCUT2D eigenvalue weighted by molar-refractivity contribution is 6.39. The van der Waals surface area contributed by atoms with Crippen molar-refractivity contribution in [3.63, 3.8) is 0 Å². The van der Waals surface area contributed by atoms with Gasteiger partial charge in [-0.2, -0.15) is 0 Å². The van der Waals surface area contributed by atoms with E-state index in [2.05, 4.69) is 5.32 Å². The smallest absolute Gasteiger partial charge is 0.335 e. The Hall–Kier alpha value is -3.93. The van der Waals surface area contributed by atoms with Gasteiger partial charge in [-0.1, -0.05) is 42.5 Å². The van der Waals surface area contributed by atoms with E-state index in [0.29, 0.717) is 11.4 Å². The molecule has 3 aromatic carbocycles. The molecule has 0 aromatic heterocycles. The molecule has 4 rings (SSSR count). The van der Waals surface area contributed by atoms with Crippen LogP contribution in [-0.4, -0.2) is 25.0 Å². The molecule has 1 N–H and O–H groups in total. The van der Waals surface area contributed by atoms with Gasteiger partial charge in [0.05, 0.1) is 12.8 Å². The average molecular weight is 372 g/mol. The standard InChI is InChI=1S/C22H16N2O4/c1-28-17-11-9-16(10-12-17)24-21(26)19(20(25)23-22(24)27)13-15-7-4-6-14-5-2-3-8-18(14)15/h2-13H,1H3,(H,23,25,27). The molecule has 0 radical (unpaired) electrons. The Kier molecular flexibility index (Phi) is 4.37. The number of benzene rings is 3. The van der Waals surface area contributed by atoms with E-state index >= 15 is 0 Å². The highest BCUT2D eigenvalue weighted by Crippen LogP contribution is 2.26. The first-order valence-corrected chi connectivity index (χ1v) is 8.62. The van der Waals surface area contributed by atoms with Crippen LogP contribution >= 0.6 is 0 Å². The maximum atomic E-state index is 13.0. The number of hydrogen-bond acceptors (Lipinski definition) is 4. The first-order valence-electron chi connectivity index (χ1n) is 8.62. The highest BCUT2D eigenvalue weighted by Gasteiger charge is 2.36. The number of methoxy groups -OCH3 is 1. The van der Waals surface area contributed by atoms with E-state index in [1.807, 2.05) is 42.5 Å². The van der Waals surface area contributed by atoms with Gasteiger partial charge in [0.25, 0.3) is 11.8 Å². The molecule has 4 amide bonds. The SMILES string of the molecule is COc1ccc(N2C(=O)NC(=O)C(=Cc3cccc4ccccc34)C2=O)cc1. The summed E-state index contributed by atoms with van der Waals surface area (Å²) in [5.74, 6) is -0.796. The fraction of sp³-hybridized carbons (Fsp3) is 0.0455. The lowest BCUT2D eigenvalue weighted by Crippen LogP contribution is -2.54. The van der Waals surface area contributed by atoms with E-state index in [4.69, 9.17) is 4.74 Å². The van der Waals surface area contributed by atoms with E-state index in [-0.39, 0.29) is 5.57 Å². The zero-order valence-corrected chi connectivity index (χ0v) is 15.0. The molecule has 1 fully saturated rings. The predicted octanol–water partition coefficient (Wildman–Crippen LogP) is 3.51. The third kappa shape index (κ3) is 3.01. The summed E-state index contributed by atoms with van der Waals surface area (Å²) in [5, 5.41) is 4.13. The van der Waals surface area contributed by atoms with Crippen molar-refractivity contribution >= 4 is 40.4 Å². The summed E-state index contributed by atoms with van der Waals surface area (Å²) in [6.07, 6.45) is 1.52. The molecule has 0 saturated carbocycles. The Morgan fingerprint density at radius 3 is 2.36 bits per heavy atom. The Bertz CT molecular complexity index is 1130. The number of anilines is 1. The lowest BCUT2D eigenvalue weighted by Gasteiger charge is -2.26. The van der Waals surface area contributed by atoms with Crippen molar-refractivity contribution in [2.75, 3.05) is 12.0 Å². The van der Waals surface area contributed by atoms with Gasteiger partial charge in [-0.3, -0.25) is 14.9 Å². The van der Waals surface area contributed by atoms with Crippen molar-refractivity contribution in [1.29, 1.82) is 0 Å². The largest absolute Gasteiger partial charge is 0.497 e. The van der Waals surface area contributed by atoms with Crippen molar-refractivity contribution in [2.24, 2.45) is 0 Å². The summed E-state index contributed by atoms with van der Waals surface area (Å²) in [5.41, 5.74) is 0.965. The average Bonchev–Trinajstić information content (AvgIpc) is 2.71. The molecule has 3 aromatic rings. The number of rotatable bonds is 3. The molecule has 0 atom stereocenters. The molecule has 1 saturated heterocycles. The molecule has 1 aliphatic heterocycles. The van der Waals surface area contributed by atoms with Gasteiger partial charge in [-0.25, -0.2) is 9.69 Å². The third-order valence-corrected chi connectivity index (χ3v) is 4.56. The molecule has 138 valence electrons. The zero-order chi connectivity index (χ0) is 19.7. The Balaban J connectivity index is 1.77. The summed E-state index contributed by atoms with van der Waals surface area (Å²) in [4.78, 5) is 38.6. The van der Waals surface area contributed by atoms with Crippen LogP contribution in [0.1, 0.15) is 5.56 Å². The van der Waals surface area contributed by atoms with Gasteiger partial charge in [0.1, 0.15) is 11.3 Å². The van der Waals surface area contributed by atoms with E-state index in [0.717, 1.165) is 21.2 Å². The predicted molar refractivity (Wildman–Crippen MR) is 106 cm³/mol. The molecule has 6 heteroatoms. The van der Waals surface area contributed by atoms with E-state index in [1.54, 1.807) is 24.3 Å². The number of nitrogens with one attached hydrogen (secondary N) is 1. The summed E-state index contributed by atoms with van der Waals surface area (Å²) in [6.45, 7) is 0. The Morgan fingerprint density at radius 2 is 1.61 bits per heavy atom. The number of imide groups is 2. The van der Waals surface area contributed by atoms with Crippen LogP contribution in [0.4, 0.5) is 10.5 Å². The minimum absolute atomic E-state index is 0.105. The fourth-order valence-electron chi connectivity index (χ4n) is 3.16. The molecule has 0 bridgehead atoms. The minimum atomic E-state index is -0.782.